The smallest absolute Gasteiger partial charge is 0.0863 e. The molecule has 0 radical (unpaired) electrons. The van der Waals surface area contributed by atoms with Crippen LogP contribution in [-0.4, -0.2) is 16.3 Å². The third kappa shape index (κ3) is 3.08. The summed E-state index contributed by atoms with van der Waals surface area (Å²) in [4.78, 5) is 0. The summed E-state index contributed by atoms with van der Waals surface area (Å²) in [5.41, 5.74) is 2.03. The van der Waals surface area contributed by atoms with Gasteiger partial charge in [0.25, 0.3) is 0 Å². The fourth-order valence-corrected chi connectivity index (χ4v) is 1.78. The Balaban J connectivity index is 2.60. The van der Waals surface area contributed by atoms with E-state index in [0.717, 1.165) is 42.3 Å². The van der Waals surface area contributed by atoms with E-state index in [4.69, 9.17) is 11.6 Å². The molecule has 1 heterocycles. The third-order valence-corrected chi connectivity index (χ3v) is 2.76. The van der Waals surface area contributed by atoms with Crippen LogP contribution in [-0.2, 0) is 20.0 Å². The van der Waals surface area contributed by atoms with Crippen molar-refractivity contribution < 1.29 is 0 Å². The van der Waals surface area contributed by atoms with E-state index in [9.17, 15) is 0 Å². The zero-order valence-electron chi connectivity index (χ0n) is 9.39. The lowest BCUT2D eigenvalue weighted by Crippen LogP contribution is -2.16. The van der Waals surface area contributed by atoms with Crippen molar-refractivity contribution in [2.24, 2.45) is 7.05 Å². The maximum atomic E-state index is 6.20. The number of nitrogens with one attached hydrogen (secondary N) is 1. The topological polar surface area (TPSA) is 29.9 Å². The highest BCUT2D eigenvalue weighted by Gasteiger charge is 2.11. The first kappa shape index (κ1) is 12.3. The lowest BCUT2D eigenvalue weighted by molar-refractivity contribution is 0.627. The highest BCUT2D eigenvalue weighted by molar-refractivity contribution is 6.31. The summed E-state index contributed by atoms with van der Waals surface area (Å²) in [5.74, 6) is 0. The molecule has 0 unspecified atom stereocenters. The molecule has 1 N–H and O–H groups in total. The van der Waals surface area contributed by atoms with E-state index in [0.29, 0.717) is 0 Å². The van der Waals surface area contributed by atoms with E-state index in [-0.39, 0.29) is 0 Å². The Kier molecular flexibility index (Phi) is 4.85. The molecule has 1 aromatic rings. The summed E-state index contributed by atoms with van der Waals surface area (Å²) in [5, 5.41) is 8.45. The van der Waals surface area contributed by atoms with Crippen LogP contribution in [0.1, 0.15) is 24.7 Å². The molecule has 0 aliphatic rings. The summed E-state index contributed by atoms with van der Waals surface area (Å²) in [6.45, 7) is 7.42. The molecule has 0 amide bonds. The number of hydrogen-bond donors (Lipinski definition) is 1. The van der Waals surface area contributed by atoms with Gasteiger partial charge in [-0.05, 0) is 19.4 Å². The predicted octanol–water partition coefficient (Wildman–Crippen LogP) is 2.30. The van der Waals surface area contributed by atoms with Gasteiger partial charge in [-0.25, -0.2) is 0 Å². The Labute approximate surface area is 96.1 Å². The largest absolute Gasteiger partial charge is 0.311 e. The molecule has 1 rings (SSSR count). The van der Waals surface area contributed by atoms with Crippen molar-refractivity contribution in [2.75, 3.05) is 6.54 Å². The molecule has 0 saturated carbocycles. The van der Waals surface area contributed by atoms with Crippen molar-refractivity contribution in [1.29, 1.82) is 0 Å². The number of hydrogen-bond acceptors (Lipinski definition) is 2. The summed E-state index contributed by atoms with van der Waals surface area (Å²) in [6.07, 6.45) is 3.74. The molecule has 0 aliphatic heterocycles. The van der Waals surface area contributed by atoms with Gasteiger partial charge in [0.15, 0.2) is 0 Å². The Hall–Kier alpha value is -0.800. The monoisotopic (exact) mass is 227 g/mol. The number of nitrogens with zero attached hydrogens (tertiary/aromatic N) is 2. The minimum Gasteiger partial charge on any atom is -0.311 e. The zero-order valence-corrected chi connectivity index (χ0v) is 10.1. The Bertz CT molecular complexity index is 331. The summed E-state index contributed by atoms with van der Waals surface area (Å²) in [6, 6.07) is 0. The number of halogens is 1. The minimum absolute atomic E-state index is 0.760. The molecule has 0 bridgehead atoms. The average Bonchev–Trinajstić information content (AvgIpc) is 2.50. The average molecular weight is 228 g/mol. The zero-order chi connectivity index (χ0) is 11.3. The lowest BCUT2D eigenvalue weighted by Gasteiger charge is -2.03. The summed E-state index contributed by atoms with van der Waals surface area (Å²) < 4.78 is 1.85. The van der Waals surface area contributed by atoms with Gasteiger partial charge in [-0.15, -0.1) is 6.58 Å². The number of rotatable bonds is 6. The van der Waals surface area contributed by atoms with Crippen molar-refractivity contribution >= 4 is 11.6 Å². The summed E-state index contributed by atoms with van der Waals surface area (Å²) >= 11 is 6.20. The van der Waals surface area contributed by atoms with Gasteiger partial charge >= 0.3 is 0 Å². The quantitative estimate of drug-likeness (QED) is 0.597. The first-order valence-corrected chi connectivity index (χ1v) is 5.60. The Morgan fingerprint density at radius 2 is 2.33 bits per heavy atom. The van der Waals surface area contributed by atoms with E-state index < -0.39 is 0 Å². The van der Waals surface area contributed by atoms with E-state index in [1.54, 1.807) is 0 Å². The molecule has 0 saturated heterocycles. The Morgan fingerprint density at radius 3 is 2.87 bits per heavy atom. The van der Waals surface area contributed by atoms with E-state index in [1.165, 1.54) is 0 Å². The third-order valence-electron chi connectivity index (χ3n) is 2.32. The van der Waals surface area contributed by atoms with Crippen LogP contribution in [0.4, 0.5) is 0 Å². The van der Waals surface area contributed by atoms with Gasteiger partial charge in [0, 0.05) is 13.6 Å². The molecular formula is C11H18ClN3. The second-order valence-corrected chi connectivity index (χ2v) is 3.82. The van der Waals surface area contributed by atoms with Crippen LogP contribution in [0.2, 0.25) is 5.02 Å². The van der Waals surface area contributed by atoms with Gasteiger partial charge in [0.05, 0.1) is 16.4 Å². The van der Waals surface area contributed by atoms with Crippen LogP contribution in [0.25, 0.3) is 0 Å². The first-order valence-electron chi connectivity index (χ1n) is 5.22. The molecule has 0 aromatic carbocycles. The molecule has 84 valence electrons. The van der Waals surface area contributed by atoms with Crippen molar-refractivity contribution in [3.63, 3.8) is 0 Å². The van der Waals surface area contributed by atoms with E-state index >= 15 is 0 Å². The highest BCUT2D eigenvalue weighted by atomic mass is 35.5. The van der Waals surface area contributed by atoms with E-state index in [2.05, 4.69) is 23.9 Å². The number of aromatic nitrogens is 2. The second-order valence-electron chi connectivity index (χ2n) is 3.44. The standard InChI is InChI=1S/C11H18ClN3/c1-4-6-7-13-8-10-11(12)9(5-2)14-15(10)3/h4,13H,1,5-8H2,2-3H3. The van der Waals surface area contributed by atoms with E-state index in [1.807, 2.05) is 17.8 Å². The van der Waals surface area contributed by atoms with Crippen LogP contribution in [0.5, 0.6) is 0 Å². The number of aryl methyl sites for hydroxylation is 2. The van der Waals surface area contributed by atoms with Crippen LogP contribution >= 0.6 is 11.6 Å². The maximum Gasteiger partial charge on any atom is 0.0863 e. The van der Waals surface area contributed by atoms with Crippen LogP contribution in [0.3, 0.4) is 0 Å². The molecule has 3 nitrogen and oxygen atoms in total. The highest BCUT2D eigenvalue weighted by Crippen LogP contribution is 2.20. The molecular weight excluding hydrogens is 210 g/mol. The molecule has 0 spiro atoms. The molecule has 0 aliphatic carbocycles. The van der Waals surface area contributed by atoms with Gasteiger partial charge in [0.2, 0.25) is 0 Å². The van der Waals surface area contributed by atoms with Gasteiger partial charge in [-0.2, -0.15) is 5.10 Å². The first-order chi connectivity index (χ1) is 7.20. The SMILES string of the molecule is C=CCCNCc1c(Cl)c(CC)nn1C. The maximum absolute atomic E-state index is 6.20. The molecule has 1 aromatic heterocycles. The van der Waals surface area contributed by atoms with Crippen molar-refractivity contribution in [1.82, 2.24) is 15.1 Å². The lowest BCUT2D eigenvalue weighted by atomic mass is 10.3. The molecule has 0 fully saturated rings. The van der Waals surface area contributed by atoms with Gasteiger partial charge in [-0.1, -0.05) is 24.6 Å². The molecule has 15 heavy (non-hydrogen) atoms. The summed E-state index contributed by atoms with van der Waals surface area (Å²) in [7, 11) is 1.93. The van der Waals surface area contributed by atoms with Crippen LogP contribution in [0.15, 0.2) is 12.7 Å². The normalized spacial score (nSPS) is 10.6. The van der Waals surface area contributed by atoms with Gasteiger partial charge in [0.1, 0.15) is 0 Å². The van der Waals surface area contributed by atoms with Crippen LogP contribution < -0.4 is 5.32 Å². The molecule has 4 heteroatoms. The van der Waals surface area contributed by atoms with Crippen molar-refractivity contribution in [3.05, 3.63) is 29.1 Å². The van der Waals surface area contributed by atoms with Gasteiger partial charge < -0.3 is 5.32 Å². The minimum atomic E-state index is 0.760. The molecule has 0 atom stereocenters. The second kappa shape index (κ2) is 5.93. The van der Waals surface area contributed by atoms with Crippen molar-refractivity contribution in [2.45, 2.75) is 26.3 Å². The fourth-order valence-electron chi connectivity index (χ4n) is 1.42. The predicted molar refractivity (Wildman–Crippen MR) is 64.1 cm³/mol. The van der Waals surface area contributed by atoms with Gasteiger partial charge in [-0.3, -0.25) is 4.68 Å². The fraction of sp³-hybridized carbons (Fsp3) is 0.545. The van der Waals surface area contributed by atoms with Crippen LogP contribution in [0, 0.1) is 0 Å². The van der Waals surface area contributed by atoms with Crippen molar-refractivity contribution in [3.8, 4) is 0 Å². The Morgan fingerprint density at radius 1 is 1.60 bits per heavy atom.